The van der Waals surface area contributed by atoms with Crippen molar-refractivity contribution in [3.8, 4) is 32.5 Å². The van der Waals surface area contributed by atoms with E-state index in [1.165, 1.54) is 33.6 Å². The van der Waals surface area contributed by atoms with Crippen LogP contribution in [0.3, 0.4) is 0 Å². The molecule has 3 aromatic heterocycles. The zero-order valence-electron chi connectivity index (χ0n) is 21.5. The molecule has 0 bridgehead atoms. The first-order valence-corrected chi connectivity index (χ1v) is 14.7. The molecule has 0 unspecified atom stereocenters. The molecule has 0 saturated heterocycles. The number of para-hydroxylation sites is 1. The van der Waals surface area contributed by atoms with Gasteiger partial charge in [-0.1, -0.05) is 66.7 Å². The predicted octanol–water partition coefficient (Wildman–Crippen LogP) is 9.17. The van der Waals surface area contributed by atoms with Gasteiger partial charge in [-0.05, 0) is 46.5 Å². The molecule has 0 aliphatic heterocycles. The van der Waals surface area contributed by atoms with Gasteiger partial charge in [0.15, 0.2) is 0 Å². The first-order valence-electron chi connectivity index (χ1n) is 13.0. The summed E-state index contributed by atoms with van der Waals surface area (Å²) in [4.78, 5) is 9.68. The van der Waals surface area contributed by atoms with Gasteiger partial charge in [0, 0.05) is 21.7 Å². The third kappa shape index (κ3) is 4.19. The quantitative estimate of drug-likeness (QED) is 0.165. The van der Waals surface area contributed by atoms with E-state index in [4.69, 9.17) is 14.7 Å². The third-order valence-electron chi connectivity index (χ3n) is 7.42. The number of thiazole rings is 1. The number of pyridine rings is 1. The Hall–Kier alpha value is -3.89. The molecule has 8 rings (SSSR count). The molecule has 0 saturated carbocycles. The van der Waals surface area contributed by atoms with Crippen molar-refractivity contribution in [2.24, 2.45) is 0 Å². The molecule has 7 aromatic rings. The standard InChI is InChI=1S/C35H20N2OS2.Pt/c1-3-14-28-26(12-1)27-13-2-4-15-29(27)35(28,32-18-7-8-19-36-32)24-10-9-11-25(21-24)38-33-20-23(22-39-33)34-37-30-16-5-6-17-31(30)40-34;/h1-19,22H;/q-2;+2. The minimum Gasteiger partial charge on any atom is -0.487 e. The molecule has 0 amide bonds. The van der Waals surface area contributed by atoms with Crippen LogP contribution in [0.2, 0.25) is 0 Å². The van der Waals surface area contributed by atoms with Crippen molar-refractivity contribution < 1.29 is 25.8 Å². The van der Waals surface area contributed by atoms with E-state index in [-0.39, 0.29) is 21.1 Å². The number of rotatable bonds is 5. The summed E-state index contributed by atoms with van der Waals surface area (Å²) in [5.74, 6) is 0.642. The number of nitrogens with zero attached hydrogens (tertiary/aromatic N) is 2. The molecule has 0 spiro atoms. The van der Waals surface area contributed by atoms with Crippen molar-refractivity contribution in [2.75, 3.05) is 0 Å². The van der Waals surface area contributed by atoms with Crippen LogP contribution in [0.15, 0.2) is 121 Å². The van der Waals surface area contributed by atoms with Gasteiger partial charge in [-0.3, -0.25) is 4.98 Å². The Morgan fingerprint density at radius 3 is 2.20 bits per heavy atom. The number of thiophene rings is 1. The number of ether oxygens (including phenoxy) is 1. The van der Waals surface area contributed by atoms with Crippen molar-refractivity contribution in [3.05, 3.63) is 155 Å². The number of hydrogen-bond donors (Lipinski definition) is 0. The van der Waals surface area contributed by atoms with Gasteiger partial charge in [0.1, 0.15) is 5.06 Å². The Bertz CT molecular complexity index is 1940. The van der Waals surface area contributed by atoms with E-state index in [1.54, 1.807) is 11.3 Å². The van der Waals surface area contributed by atoms with Crippen molar-refractivity contribution >= 4 is 32.9 Å². The van der Waals surface area contributed by atoms with E-state index in [9.17, 15) is 0 Å². The Labute approximate surface area is 260 Å². The number of benzene rings is 4. The van der Waals surface area contributed by atoms with Crippen LogP contribution in [-0.2, 0) is 26.5 Å². The van der Waals surface area contributed by atoms with Crippen LogP contribution in [0.25, 0.3) is 31.9 Å². The van der Waals surface area contributed by atoms with Gasteiger partial charge in [-0.2, -0.15) is 34.8 Å². The van der Waals surface area contributed by atoms with Crippen LogP contribution < -0.4 is 4.74 Å². The molecule has 0 fully saturated rings. The normalized spacial score (nSPS) is 12.9. The van der Waals surface area contributed by atoms with Crippen molar-refractivity contribution in [2.45, 2.75) is 5.41 Å². The van der Waals surface area contributed by atoms with E-state index in [2.05, 4.69) is 90.3 Å². The Morgan fingerprint density at radius 2 is 1.44 bits per heavy atom. The number of aromatic nitrogens is 2. The molecule has 6 heteroatoms. The van der Waals surface area contributed by atoms with Crippen molar-refractivity contribution in [3.63, 3.8) is 0 Å². The van der Waals surface area contributed by atoms with Gasteiger partial charge >= 0.3 is 21.1 Å². The van der Waals surface area contributed by atoms with Crippen molar-refractivity contribution in [1.82, 2.24) is 9.97 Å². The van der Waals surface area contributed by atoms with E-state index in [0.717, 1.165) is 32.0 Å². The molecule has 0 radical (unpaired) electrons. The molecule has 198 valence electrons. The molecule has 1 aliphatic rings. The molecule has 3 nitrogen and oxygen atoms in total. The fraction of sp³-hybridized carbons (Fsp3) is 0.0286. The summed E-state index contributed by atoms with van der Waals surface area (Å²) in [6, 6.07) is 44.7. The van der Waals surface area contributed by atoms with Gasteiger partial charge in [-0.25, -0.2) is 0 Å². The fourth-order valence-corrected chi connectivity index (χ4v) is 7.49. The van der Waals surface area contributed by atoms with Crippen LogP contribution >= 0.6 is 22.7 Å². The fourth-order valence-electron chi connectivity index (χ4n) is 5.77. The summed E-state index contributed by atoms with van der Waals surface area (Å²) in [5.41, 5.74) is 8.12. The molecule has 41 heavy (non-hydrogen) atoms. The number of hydrogen-bond acceptors (Lipinski definition) is 5. The van der Waals surface area contributed by atoms with Crippen LogP contribution in [0.4, 0.5) is 0 Å². The monoisotopic (exact) mass is 743 g/mol. The zero-order valence-corrected chi connectivity index (χ0v) is 25.4. The Morgan fingerprint density at radius 1 is 0.707 bits per heavy atom. The van der Waals surface area contributed by atoms with Gasteiger partial charge < -0.3 is 9.72 Å². The second-order valence-electron chi connectivity index (χ2n) is 9.64. The van der Waals surface area contributed by atoms with Gasteiger partial charge in [-0.15, -0.1) is 34.7 Å². The first-order chi connectivity index (χ1) is 19.8. The van der Waals surface area contributed by atoms with Crippen LogP contribution in [-0.4, -0.2) is 9.97 Å². The van der Waals surface area contributed by atoms with Crippen LogP contribution in [0.5, 0.6) is 10.8 Å². The summed E-state index contributed by atoms with van der Waals surface area (Å²) in [5, 5.41) is 3.68. The second-order valence-corrected chi connectivity index (χ2v) is 11.5. The Balaban J connectivity index is 0.00000276. The summed E-state index contributed by atoms with van der Waals surface area (Å²) < 4.78 is 7.54. The van der Waals surface area contributed by atoms with Crippen molar-refractivity contribution in [1.29, 1.82) is 0 Å². The molecule has 0 N–H and O–H groups in total. The molecule has 3 heterocycles. The van der Waals surface area contributed by atoms with Gasteiger partial charge in [0.05, 0.1) is 16.6 Å². The smallest absolute Gasteiger partial charge is 0.487 e. The average Bonchev–Trinajstić information content (AvgIpc) is 3.73. The van der Waals surface area contributed by atoms with E-state index in [0.29, 0.717) is 10.8 Å². The minimum atomic E-state index is -0.612. The summed E-state index contributed by atoms with van der Waals surface area (Å²) in [7, 11) is 0. The second kappa shape index (κ2) is 10.5. The predicted molar refractivity (Wildman–Crippen MR) is 162 cm³/mol. The molecular formula is C35H20N2OPtS2. The molecule has 4 aromatic carbocycles. The van der Waals surface area contributed by atoms with Crippen LogP contribution in [0.1, 0.15) is 22.4 Å². The summed E-state index contributed by atoms with van der Waals surface area (Å²) >= 11 is 3.18. The minimum absolute atomic E-state index is 0. The molecule has 0 atom stereocenters. The maximum Gasteiger partial charge on any atom is 2.00 e. The summed E-state index contributed by atoms with van der Waals surface area (Å²) in [6.45, 7) is 0. The largest absolute Gasteiger partial charge is 2.00 e. The molecular weight excluding hydrogens is 724 g/mol. The summed E-state index contributed by atoms with van der Waals surface area (Å²) in [6.07, 6.45) is 1.87. The van der Waals surface area contributed by atoms with E-state index < -0.39 is 5.41 Å². The number of fused-ring (bicyclic) bond motifs is 4. The van der Waals surface area contributed by atoms with Gasteiger partial charge in [0.2, 0.25) is 0 Å². The zero-order chi connectivity index (χ0) is 26.5. The van der Waals surface area contributed by atoms with E-state index in [1.807, 2.05) is 42.6 Å². The maximum atomic E-state index is 6.38. The van der Waals surface area contributed by atoms with Crippen LogP contribution in [0, 0.1) is 12.1 Å². The third-order valence-corrected chi connectivity index (χ3v) is 9.24. The topological polar surface area (TPSA) is 35.0 Å². The first kappa shape index (κ1) is 26.0. The SMILES string of the molecule is [Pt+2].[c-]1c(Oc2[c-]c(-c3nc4ccccc4s3)cs2)cccc1C1(c2ccccn2)c2ccccc2-c2ccccc21. The maximum absolute atomic E-state index is 6.38. The van der Waals surface area contributed by atoms with Gasteiger partial charge in [0.25, 0.3) is 0 Å². The Kier molecular flexibility index (Phi) is 6.67. The average molecular weight is 744 g/mol. The van der Waals surface area contributed by atoms with E-state index >= 15 is 0 Å². The molecule has 1 aliphatic carbocycles.